The first-order chi connectivity index (χ1) is 13.9. The van der Waals surface area contributed by atoms with E-state index in [9.17, 15) is 9.59 Å². The van der Waals surface area contributed by atoms with Crippen LogP contribution in [-0.4, -0.2) is 44.0 Å². The molecular weight excluding hydrogens is 368 g/mol. The van der Waals surface area contributed by atoms with Crippen molar-refractivity contribution in [2.45, 2.75) is 33.6 Å². The van der Waals surface area contributed by atoms with Crippen LogP contribution in [0.3, 0.4) is 0 Å². The second kappa shape index (κ2) is 10.5. The third-order valence-electron chi connectivity index (χ3n) is 4.90. The highest BCUT2D eigenvalue weighted by atomic mass is 16.5. The normalized spacial score (nSPS) is 10.4. The van der Waals surface area contributed by atoms with Crippen LogP contribution in [0.4, 0.5) is 5.69 Å². The molecule has 2 aromatic rings. The average Bonchev–Trinajstić information content (AvgIpc) is 2.71. The Bertz CT molecular complexity index is 864. The lowest BCUT2D eigenvalue weighted by atomic mass is 10.1. The summed E-state index contributed by atoms with van der Waals surface area (Å²) in [4.78, 5) is 26.2. The quantitative estimate of drug-likeness (QED) is 0.701. The Hall–Kier alpha value is -3.02. The molecule has 0 spiro atoms. The molecule has 0 fully saturated rings. The van der Waals surface area contributed by atoms with Gasteiger partial charge in [-0.2, -0.15) is 0 Å². The smallest absolute Gasteiger partial charge is 0.244 e. The van der Waals surface area contributed by atoms with Gasteiger partial charge in [-0.1, -0.05) is 31.2 Å². The molecule has 2 rings (SSSR count). The molecule has 2 aromatic carbocycles. The van der Waals surface area contributed by atoms with Crippen molar-refractivity contribution in [2.24, 2.45) is 0 Å². The number of carbonyl (C=O) groups is 2. The van der Waals surface area contributed by atoms with E-state index in [1.165, 1.54) is 6.92 Å². The lowest BCUT2D eigenvalue weighted by Gasteiger charge is -2.22. The van der Waals surface area contributed by atoms with Crippen molar-refractivity contribution in [1.82, 2.24) is 4.90 Å². The standard InChI is InChI=1S/C23H30N2O4/c1-6-19-9-7-8-16(2)23(19)24-22(27)15-25(17(3)26)13-12-18-10-11-20(28-4)21(14-18)29-5/h7-11,14H,6,12-13,15H2,1-5H3,(H,24,27). The summed E-state index contributed by atoms with van der Waals surface area (Å²) in [7, 11) is 3.18. The lowest BCUT2D eigenvalue weighted by molar-refractivity contribution is -0.132. The minimum atomic E-state index is -0.198. The van der Waals surface area contributed by atoms with Crippen LogP contribution in [0, 0.1) is 6.92 Å². The highest BCUT2D eigenvalue weighted by Gasteiger charge is 2.16. The van der Waals surface area contributed by atoms with E-state index in [-0.39, 0.29) is 18.4 Å². The minimum Gasteiger partial charge on any atom is -0.493 e. The molecule has 0 atom stereocenters. The first-order valence-electron chi connectivity index (χ1n) is 9.74. The van der Waals surface area contributed by atoms with E-state index >= 15 is 0 Å². The molecule has 0 saturated carbocycles. The molecule has 6 heteroatoms. The summed E-state index contributed by atoms with van der Waals surface area (Å²) in [6, 6.07) is 11.6. The lowest BCUT2D eigenvalue weighted by Crippen LogP contribution is -2.38. The number of anilines is 1. The van der Waals surface area contributed by atoms with E-state index in [2.05, 4.69) is 12.2 Å². The summed E-state index contributed by atoms with van der Waals surface area (Å²) in [5.41, 5.74) is 3.93. The van der Waals surface area contributed by atoms with Gasteiger partial charge in [-0.05, 0) is 48.6 Å². The number of benzene rings is 2. The Labute approximate surface area is 172 Å². The van der Waals surface area contributed by atoms with Crippen LogP contribution in [0.1, 0.15) is 30.5 Å². The van der Waals surface area contributed by atoms with Gasteiger partial charge in [0.15, 0.2) is 11.5 Å². The van der Waals surface area contributed by atoms with Gasteiger partial charge in [-0.15, -0.1) is 0 Å². The van der Waals surface area contributed by atoms with Crippen LogP contribution in [0.2, 0.25) is 0 Å². The maximum Gasteiger partial charge on any atom is 0.244 e. The average molecular weight is 399 g/mol. The maximum atomic E-state index is 12.6. The second-order valence-corrected chi connectivity index (χ2v) is 6.89. The zero-order chi connectivity index (χ0) is 21.4. The zero-order valence-corrected chi connectivity index (χ0v) is 17.9. The van der Waals surface area contributed by atoms with Gasteiger partial charge in [0.05, 0.1) is 20.8 Å². The zero-order valence-electron chi connectivity index (χ0n) is 17.9. The van der Waals surface area contributed by atoms with Crippen molar-refractivity contribution >= 4 is 17.5 Å². The Balaban J connectivity index is 2.04. The van der Waals surface area contributed by atoms with E-state index in [0.717, 1.165) is 28.8 Å². The molecule has 2 amide bonds. The van der Waals surface area contributed by atoms with E-state index < -0.39 is 0 Å². The van der Waals surface area contributed by atoms with E-state index in [1.807, 2.05) is 43.3 Å². The molecule has 0 bridgehead atoms. The first-order valence-corrected chi connectivity index (χ1v) is 9.74. The van der Waals surface area contributed by atoms with E-state index in [1.54, 1.807) is 19.1 Å². The van der Waals surface area contributed by atoms with Crippen molar-refractivity contribution < 1.29 is 19.1 Å². The van der Waals surface area contributed by atoms with Gasteiger partial charge in [-0.25, -0.2) is 0 Å². The second-order valence-electron chi connectivity index (χ2n) is 6.89. The number of para-hydroxylation sites is 1. The van der Waals surface area contributed by atoms with Gasteiger partial charge in [-0.3, -0.25) is 9.59 Å². The third kappa shape index (κ3) is 5.98. The van der Waals surface area contributed by atoms with Crippen LogP contribution >= 0.6 is 0 Å². The molecule has 0 unspecified atom stereocenters. The van der Waals surface area contributed by atoms with Gasteiger partial charge in [0.1, 0.15) is 0 Å². The number of carbonyl (C=O) groups excluding carboxylic acids is 2. The Morgan fingerprint density at radius 2 is 1.79 bits per heavy atom. The summed E-state index contributed by atoms with van der Waals surface area (Å²) in [6.07, 6.45) is 1.44. The van der Waals surface area contributed by atoms with E-state index in [4.69, 9.17) is 9.47 Å². The maximum absolute atomic E-state index is 12.6. The minimum absolute atomic E-state index is 0.0140. The van der Waals surface area contributed by atoms with Crippen LogP contribution in [0.5, 0.6) is 11.5 Å². The number of hydrogen-bond donors (Lipinski definition) is 1. The molecule has 6 nitrogen and oxygen atoms in total. The summed E-state index contributed by atoms with van der Waals surface area (Å²) in [5, 5.41) is 2.98. The van der Waals surface area contributed by atoms with Crippen molar-refractivity contribution in [3.8, 4) is 11.5 Å². The SMILES string of the molecule is CCc1cccc(C)c1NC(=O)CN(CCc1ccc(OC)c(OC)c1)C(C)=O. The molecule has 0 aliphatic carbocycles. The fourth-order valence-electron chi connectivity index (χ4n) is 3.20. The summed E-state index contributed by atoms with van der Waals surface area (Å²) < 4.78 is 10.6. The number of amides is 2. The van der Waals surface area contributed by atoms with Crippen LogP contribution in [0.15, 0.2) is 36.4 Å². The van der Waals surface area contributed by atoms with Crippen LogP contribution in [-0.2, 0) is 22.4 Å². The summed E-state index contributed by atoms with van der Waals surface area (Å²) >= 11 is 0. The summed E-state index contributed by atoms with van der Waals surface area (Å²) in [6.45, 7) is 5.95. The first kappa shape index (κ1) is 22.3. The number of methoxy groups -OCH3 is 2. The van der Waals surface area contributed by atoms with Gasteiger partial charge < -0.3 is 19.7 Å². The van der Waals surface area contributed by atoms with Crippen LogP contribution in [0.25, 0.3) is 0 Å². The van der Waals surface area contributed by atoms with Crippen molar-refractivity contribution in [1.29, 1.82) is 0 Å². The van der Waals surface area contributed by atoms with E-state index in [0.29, 0.717) is 24.5 Å². The summed E-state index contributed by atoms with van der Waals surface area (Å²) in [5.74, 6) is 0.963. The number of rotatable bonds is 9. The molecule has 0 radical (unpaired) electrons. The van der Waals surface area contributed by atoms with Gasteiger partial charge in [0.2, 0.25) is 11.8 Å². The highest BCUT2D eigenvalue weighted by Crippen LogP contribution is 2.27. The van der Waals surface area contributed by atoms with Gasteiger partial charge >= 0.3 is 0 Å². The predicted molar refractivity (Wildman–Crippen MR) is 115 cm³/mol. The topological polar surface area (TPSA) is 67.9 Å². The molecule has 1 N–H and O–H groups in total. The Morgan fingerprint density at radius 1 is 1.07 bits per heavy atom. The van der Waals surface area contributed by atoms with Crippen molar-refractivity contribution in [3.05, 3.63) is 53.1 Å². The molecule has 29 heavy (non-hydrogen) atoms. The van der Waals surface area contributed by atoms with Crippen LogP contribution < -0.4 is 14.8 Å². The molecule has 156 valence electrons. The number of hydrogen-bond acceptors (Lipinski definition) is 4. The molecule has 0 aliphatic rings. The van der Waals surface area contributed by atoms with Gasteiger partial charge in [0.25, 0.3) is 0 Å². The molecule has 0 aromatic heterocycles. The monoisotopic (exact) mass is 398 g/mol. The molecular formula is C23H30N2O4. The number of ether oxygens (including phenoxy) is 2. The highest BCUT2D eigenvalue weighted by molar-refractivity contribution is 5.95. The largest absolute Gasteiger partial charge is 0.493 e. The molecule has 0 saturated heterocycles. The van der Waals surface area contributed by atoms with Crippen molar-refractivity contribution in [2.75, 3.05) is 32.6 Å². The van der Waals surface area contributed by atoms with Gasteiger partial charge in [0, 0.05) is 19.2 Å². The third-order valence-corrected chi connectivity index (χ3v) is 4.90. The Kier molecular flexibility index (Phi) is 8.07. The fraction of sp³-hybridized carbons (Fsp3) is 0.391. The van der Waals surface area contributed by atoms with Crippen molar-refractivity contribution in [3.63, 3.8) is 0 Å². The number of aryl methyl sites for hydroxylation is 2. The molecule has 0 aliphatic heterocycles. The Morgan fingerprint density at radius 3 is 2.41 bits per heavy atom. The number of nitrogens with one attached hydrogen (secondary N) is 1. The number of nitrogens with zero attached hydrogens (tertiary/aromatic N) is 1. The predicted octanol–water partition coefficient (Wildman–Crippen LogP) is 3.60. The fourth-order valence-corrected chi connectivity index (χ4v) is 3.20. The molecule has 0 heterocycles.